The summed E-state index contributed by atoms with van der Waals surface area (Å²) in [5.41, 5.74) is 3.65. The molecule has 29 heavy (non-hydrogen) atoms. The summed E-state index contributed by atoms with van der Waals surface area (Å²) in [5, 5.41) is 10.0. The van der Waals surface area contributed by atoms with Crippen molar-refractivity contribution in [3.05, 3.63) is 66.4 Å². The van der Waals surface area contributed by atoms with Gasteiger partial charge >= 0.3 is 6.03 Å². The Hall–Kier alpha value is -3.61. The topological polar surface area (TPSA) is 79.3 Å². The third kappa shape index (κ3) is 4.29. The SMILES string of the molecule is Cn1cc(-c2ccccc2)c(NC(=O)NCc2cccc(N3CCCC3=O)c2)n1. The molecule has 2 aromatic carbocycles. The van der Waals surface area contributed by atoms with Crippen molar-refractivity contribution in [3.63, 3.8) is 0 Å². The minimum absolute atomic E-state index is 0.149. The first-order valence-corrected chi connectivity index (χ1v) is 9.63. The molecule has 0 spiro atoms. The zero-order valence-electron chi connectivity index (χ0n) is 16.3. The van der Waals surface area contributed by atoms with Gasteiger partial charge in [0.25, 0.3) is 0 Å². The number of aromatic nitrogens is 2. The van der Waals surface area contributed by atoms with Gasteiger partial charge in [-0.25, -0.2) is 4.79 Å². The number of rotatable bonds is 5. The van der Waals surface area contributed by atoms with Gasteiger partial charge in [0.1, 0.15) is 0 Å². The number of nitrogens with one attached hydrogen (secondary N) is 2. The van der Waals surface area contributed by atoms with E-state index < -0.39 is 0 Å². The van der Waals surface area contributed by atoms with E-state index in [0.717, 1.165) is 35.3 Å². The molecule has 1 aromatic heterocycles. The Kier molecular flexibility index (Phi) is 5.29. The van der Waals surface area contributed by atoms with Gasteiger partial charge in [-0.15, -0.1) is 0 Å². The van der Waals surface area contributed by atoms with Gasteiger partial charge in [0.05, 0.1) is 0 Å². The maximum absolute atomic E-state index is 12.4. The molecule has 2 N–H and O–H groups in total. The van der Waals surface area contributed by atoms with Gasteiger partial charge in [-0.3, -0.25) is 14.8 Å². The quantitative estimate of drug-likeness (QED) is 0.701. The summed E-state index contributed by atoms with van der Waals surface area (Å²) in [6.07, 6.45) is 3.36. The largest absolute Gasteiger partial charge is 0.334 e. The Labute approximate surface area is 169 Å². The minimum Gasteiger partial charge on any atom is -0.334 e. The molecule has 7 heteroatoms. The van der Waals surface area contributed by atoms with E-state index in [1.165, 1.54) is 0 Å². The van der Waals surface area contributed by atoms with Crippen molar-refractivity contribution in [1.29, 1.82) is 0 Å². The Morgan fingerprint density at radius 3 is 2.72 bits per heavy atom. The molecule has 0 radical (unpaired) electrons. The first-order chi connectivity index (χ1) is 14.1. The molecule has 3 aromatic rings. The Morgan fingerprint density at radius 1 is 1.14 bits per heavy atom. The van der Waals surface area contributed by atoms with Crippen molar-refractivity contribution in [2.75, 3.05) is 16.8 Å². The van der Waals surface area contributed by atoms with Gasteiger partial charge in [0, 0.05) is 44.0 Å². The number of hydrogen-bond donors (Lipinski definition) is 2. The molecule has 1 aliphatic heterocycles. The summed E-state index contributed by atoms with van der Waals surface area (Å²) in [5.74, 6) is 0.657. The van der Waals surface area contributed by atoms with E-state index in [9.17, 15) is 9.59 Å². The smallest absolute Gasteiger partial charge is 0.320 e. The van der Waals surface area contributed by atoms with Crippen molar-refractivity contribution in [1.82, 2.24) is 15.1 Å². The maximum Gasteiger partial charge on any atom is 0.320 e. The van der Waals surface area contributed by atoms with E-state index in [0.29, 0.717) is 18.8 Å². The Morgan fingerprint density at radius 2 is 1.97 bits per heavy atom. The first-order valence-electron chi connectivity index (χ1n) is 9.63. The number of nitrogens with zero attached hydrogens (tertiary/aromatic N) is 3. The first kappa shape index (κ1) is 18.7. The lowest BCUT2D eigenvalue weighted by molar-refractivity contribution is -0.117. The van der Waals surface area contributed by atoms with E-state index in [2.05, 4.69) is 15.7 Å². The number of carbonyl (C=O) groups is 2. The van der Waals surface area contributed by atoms with Crippen molar-refractivity contribution in [2.24, 2.45) is 7.05 Å². The average molecular weight is 389 g/mol. The fraction of sp³-hybridized carbons (Fsp3) is 0.227. The number of carbonyl (C=O) groups excluding carboxylic acids is 2. The number of hydrogen-bond acceptors (Lipinski definition) is 3. The van der Waals surface area contributed by atoms with Crippen molar-refractivity contribution in [2.45, 2.75) is 19.4 Å². The summed E-state index contributed by atoms with van der Waals surface area (Å²) < 4.78 is 1.68. The molecular formula is C22H23N5O2. The summed E-state index contributed by atoms with van der Waals surface area (Å²) in [6.45, 7) is 1.10. The van der Waals surface area contributed by atoms with Crippen LogP contribution in [0.3, 0.4) is 0 Å². The van der Waals surface area contributed by atoms with Crippen molar-refractivity contribution < 1.29 is 9.59 Å². The van der Waals surface area contributed by atoms with Crippen LogP contribution in [0, 0.1) is 0 Å². The highest BCUT2D eigenvalue weighted by molar-refractivity contribution is 5.95. The fourth-order valence-electron chi connectivity index (χ4n) is 3.50. The summed E-state index contributed by atoms with van der Waals surface area (Å²) in [4.78, 5) is 26.2. The van der Waals surface area contributed by atoms with Crippen LogP contribution in [0.5, 0.6) is 0 Å². The second-order valence-corrected chi connectivity index (χ2v) is 7.06. The zero-order chi connectivity index (χ0) is 20.2. The predicted octanol–water partition coefficient (Wildman–Crippen LogP) is 3.54. The number of aryl methyl sites for hydroxylation is 1. The normalized spacial score (nSPS) is 13.6. The Bertz CT molecular complexity index is 1030. The lowest BCUT2D eigenvalue weighted by Gasteiger charge is -2.16. The molecule has 148 valence electrons. The summed E-state index contributed by atoms with van der Waals surface area (Å²) >= 11 is 0. The third-order valence-corrected chi connectivity index (χ3v) is 4.89. The molecule has 3 amide bonds. The van der Waals surface area contributed by atoms with E-state index in [1.807, 2.05) is 67.8 Å². The van der Waals surface area contributed by atoms with Crippen LogP contribution in [0.4, 0.5) is 16.3 Å². The van der Waals surface area contributed by atoms with Crippen LogP contribution in [-0.2, 0) is 18.4 Å². The minimum atomic E-state index is -0.330. The molecule has 0 aliphatic carbocycles. The fourth-order valence-corrected chi connectivity index (χ4v) is 3.50. The standard InChI is InChI=1S/C22H23N5O2/c1-26-15-19(17-8-3-2-4-9-17)21(25-26)24-22(29)23-14-16-7-5-10-18(13-16)27-12-6-11-20(27)28/h2-5,7-10,13,15H,6,11-12,14H2,1H3,(H2,23,24,25,29). The number of anilines is 2. The van der Waals surface area contributed by atoms with Crippen LogP contribution < -0.4 is 15.5 Å². The molecule has 0 unspecified atom stereocenters. The monoisotopic (exact) mass is 389 g/mol. The number of amides is 3. The lowest BCUT2D eigenvalue weighted by atomic mass is 10.1. The van der Waals surface area contributed by atoms with Crippen LogP contribution >= 0.6 is 0 Å². The molecule has 1 fully saturated rings. The van der Waals surface area contributed by atoms with Crippen LogP contribution in [0.15, 0.2) is 60.8 Å². The number of benzene rings is 2. The van der Waals surface area contributed by atoms with Crippen LogP contribution in [0.1, 0.15) is 18.4 Å². The second-order valence-electron chi connectivity index (χ2n) is 7.06. The highest BCUT2D eigenvalue weighted by atomic mass is 16.2. The predicted molar refractivity (Wildman–Crippen MR) is 113 cm³/mol. The second kappa shape index (κ2) is 8.18. The third-order valence-electron chi connectivity index (χ3n) is 4.89. The van der Waals surface area contributed by atoms with Crippen molar-refractivity contribution in [3.8, 4) is 11.1 Å². The van der Waals surface area contributed by atoms with Gasteiger partial charge in [0.2, 0.25) is 5.91 Å². The molecule has 0 atom stereocenters. The molecule has 4 rings (SSSR count). The highest BCUT2D eigenvalue weighted by Gasteiger charge is 2.21. The van der Waals surface area contributed by atoms with Crippen LogP contribution in [0.2, 0.25) is 0 Å². The zero-order valence-corrected chi connectivity index (χ0v) is 16.3. The lowest BCUT2D eigenvalue weighted by Crippen LogP contribution is -2.29. The van der Waals surface area contributed by atoms with Gasteiger partial charge in [-0.2, -0.15) is 5.10 Å². The molecule has 7 nitrogen and oxygen atoms in total. The van der Waals surface area contributed by atoms with Gasteiger partial charge in [-0.05, 0) is 29.7 Å². The van der Waals surface area contributed by atoms with Gasteiger partial charge in [-0.1, -0.05) is 42.5 Å². The average Bonchev–Trinajstić information content (AvgIpc) is 3.32. The maximum atomic E-state index is 12.4. The van der Waals surface area contributed by atoms with E-state index >= 15 is 0 Å². The Balaban J connectivity index is 1.41. The molecule has 2 heterocycles. The van der Waals surface area contributed by atoms with Crippen LogP contribution in [-0.4, -0.2) is 28.3 Å². The van der Waals surface area contributed by atoms with E-state index in [1.54, 1.807) is 9.58 Å². The van der Waals surface area contributed by atoms with Gasteiger partial charge < -0.3 is 10.2 Å². The molecular weight excluding hydrogens is 366 g/mol. The molecule has 0 bridgehead atoms. The van der Waals surface area contributed by atoms with Crippen LogP contribution in [0.25, 0.3) is 11.1 Å². The van der Waals surface area contributed by atoms with Gasteiger partial charge in [0.15, 0.2) is 5.82 Å². The molecule has 1 saturated heterocycles. The van der Waals surface area contributed by atoms with E-state index in [4.69, 9.17) is 0 Å². The molecule has 0 saturated carbocycles. The summed E-state index contributed by atoms with van der Waals surface area (Å²) in [7, 11) is 1.82. The molecule has 1 aliphatic rings. The van der Waals surface area contributed by atoms with E-state index in [-0.39, 0.29) is 11.9 Å². The number of urea groups is 1. The highest BCUT2D eigenvalue weighted by Crippen LogP contribution is 2.26. The van der Waals surface area contributed by atoms with Crippen molar-refractivity contribution >= 4 is 23.4 Å². The summed E-state index contributed by atoms with van der Waals surface area (Å²) in [6, 6.07) is 17.2.